The number of aliphatic carboxylic acids is 1. The Balaban J connectivity index is 2.68. The molecule has 0 aromatic carbocycles. The summed E-state index contributed by atoms with van der Waals surface area (Å²) < 4.78 is 0. The topological polar surface area (TPSA) is 49.3 Å². The van der Waals surface area contributed by atoms with E-state index in [0.717, 1.165) is 13.0 Å². The summed E-state index contributed by atoms with van der Waals surface area (Å²) in [6, 6.07) is 0. The number of rotatable bonds is 1. The molecule has 1 aliphatic heterocycles. The molecular weight excluding hydrogens is 130 g/mol. The van der Waals surface area contributed by atoms with Crippen LogP contribution in [0.1, 0.15) is 20.3 Å². The third kappa shape index (κ3) is 1.14. The van der Waals surface area contributed by atoms with Crippen molar-refractivity contribution in [2.75, 3.05) is 6.54 Å². The fraction of sp³-hybridized carbons (Fsp3) is 0.857. The Morgan fingerprint density at radius 3 is 2.50 bits per heavy atom. The van der Waals surface area contributed by atoms with E-state index < -0.39 is 5.97 Å². The van der Waals surface area contributed by atoms with Gasteiger partial charge in [-0.1, -0.05) is 0 Å². The van der Waals surface area contributed by atoms with Crippen LogP contribution in [0.5, 0.6) is 0 Å². The van der Waals surface area contributed by atoms with Crippen LogP contribution in [0, 0.1) is 5.92 Å². The molecule has 1 aliphatic rings. The van der Waals surface area contributed by atoms with Gasteiger partial charge in [0.05, 0.1) is 5.92 Å². The highest BCUT2D eigenvalue weighted by molar-refractivity contribution is 5.72. The van der Waals surface area contributed by atoms with Gasteiger partial charge >= 0.3 is 5.97 Å². The summed E-state index contributed by atoms with van der Waals surface area (Å²) in [7, 11) is 0. The average molecular weight is 143 g/mol. The third-order valence-corrected chi connectivity index (χ3v) is 2.18. The van der Waals surface area contributed by atoms with Gasteiger partial charge in [0.2, 0.25) is 0 Å². The van der Waals surface area contributed by atoms with Crippen molar-refractivity contribution in [3.63, 3.8) is 0 Å². The van der Waals surface area contributed by atoms with Crippen LogP contribution in [0.15, 0.2) is 0 Å². The number of hydrogen-bond donors (Lipinski definition) is 2. The first kappa shape index (κ1) is 7.54. The number of hydrogen-bond acceptors (Lipinski definition) is 2. The van der Waals surface area contributed by atoms with E-state index in [9.17, 15) is 4.79 Å². The zero-order chi connectivity index (χ0) is 7.78. The van der Waals surface area contributed by atoms with Crippen LogP contribution in [0.3, 0.4) is 0 Å². The Kier molecular flexibility index (Phi) is 1.68. The van der Waals surface area contributed by atoms with Gasteiger partial charge in [-0.25, -0.2) is 0 Å². The first-order chi connectivity index (χ1) is 4.54. The van der Waals surface area contributed by atoms with Gasteiger partial charge in [0, 0.05) is 5.54 Å². The van der Waals surface area contributed by atoms with Gasteiger partial charge in [0.1, 0.15) is 0 Å². The molecule has 1 unspecified atom stereocenters. The second kappa shape index (κ2) is 2.23. The summed E-state index contributed by atoms with van der Waals surface area (Å²) in [5.41, 5.74) is -0.216. The van der Waals surface area contributed by atoms with E-state index in [-0.39, 0.29) is 11.5 Å². The lowest BCUT2D eigenvalue weighted by Gasteiger charge is -2.23. The van der Waals surface area contributed by atoms with Gasteiger partial charge in [0.15, 0.2) is 0 Å². The Morgan fingerprint density at radius 2 is 2.30 bits per heavy atom. The van der Waals surface area contributed by atoms with E-state index >= 15 is 0 Å². The molecule has 0 aromatic rings. The standard InChI is InChI=1S/C7H13NO2/c1-7(2)5(6(9)10)3-4-8-7/h5,8H,3-4H2,1-2H3,(H,9,10). The Labute approximate surface area is 60.4 Å². The number of nitrogens with one attached hydrogen (secondary N) is 1. The maximum atomic E-state index is 10.6. The van der Waals surface area contributed by atoms with Crippen molar-refractivity contribution < 1.29 is 9.90 Å². The first-order valence-corrected chi connectivity index (χ1v) is 3.52. The van der Waals surface area contributed by atoms with Crippen molar-refractivity contribution in [2.24, 2.45) is 5.92 Å². The number of carbonyl (C=O) groups is 1. The summed E-state index contributed by atoms with van der Waals surface area (Å²) in [6.45, 7) is 4.68. The molecule has 0 aromatic heterocycles. The van der Waals surface area contributed by atoms with Gasteiger partial charge in [-0.15, -0.1) is 0 Å². The minimum atomic E-state index is -0.685. The Hall–Kier alpha value is -0.570. The molecule has 0 amide bonds. The van der Waals surface area contributed by atoms with Crippen molar-refractivity contribution in [1.29, 1.82) is 0 Å². The monoisotopic (exact) mass is 143 g/mol. The van der Waals surface area contributed by atoms with E-state index in [2.05, 4.69) is 5.32 Å². The SMILES string of the molecule is CC1(C)NCCC1C(=O)O. The highest BCUT2D eigenvalue weighted by Crippen LogP contribution is 2.25. The molecule has 1 fully saturated rings. The van der Waals surface area contributed by atoms with Gasteiger partial charge in [-0.3, -0.25) is 4.79 Å². The molecule has 1 saturated heterocycles. The van der Waals surface area contributed by atoms with Crippen molar-refractivity contribution in [3.05, 3.63) is 0 Å². The van der Waals surface area contributed by atoms with E-state index in [0.29, 0.717) is 0 Å². The summed E-state index contributed by atoms with van der Waals surface area (Å²) in [6.07, 6.45) is 0.752. The highest BCUT2D eigenvalue weighted by Gasteiger charge is 2.38. The van der Waals surface area contributed by atoms with Crippen LogP contribution in [0.25, 0.3) is 0 Å². The predicted molar refractivity (Wildman–Crippen MR) is 37.8 cm³/mol. The molecule has 1 rings (SSSR count). The Morgan fingerprint density at radius 1 is 1.70 bits per heavy atom. The van der Waals surface area contributed by atoms with Crippen LogP contribution >= 0.6 is 0 Å². The molecule has 1 heterocycles. The minimum Gasteiger partial charge on any atom is -0.481 e. The largest absolute Gasteiger partial charge is 0.481 e. The van der Waals surface area contributed by atoms with E-state index in [1.54, 1.807) is 0 Å². The lowest BCUT2D eigenvalue weighted by atomic mass is 9.90. The quantitative estimate of drug-likeness (QED) is 0.560. The van der Waals surface area contributed by atoms with E-state index in [1.807, 2.05) is 13.8 Å². The molecule has 0 saturated carbocycles. The molecule has 3 nitrogen and oxygen atoms in total. The maximum absolute atomic E-state index is 10.6. The van der Waals surface area contributed by atoms with Crippen molar-refractivity contribution in [1.82, 2.24) is 5.32 Å². The Bertz CT molecular complexity index is 154. The molecule has 0 aliphatic carbocycles. The van der Waals surface area contributed by atoms with Crippen molar-refractivity contribution in [3.8, 4) is 0 Å². The van der Waals surface area contributed by atoms with Crippen molar-refractivity contribution >= 4 is 5.97 Å². The van der Waals surface area contributed by atoms with Crippen LogP contribution in [0.2, 0.25) is 0 Å². The molecule has 2 N–H and O–H groups in total. The van der Waals surface area contributed by atoms with Gasteiger partial charge in [-0.05, 0) is 26.8 Å². The minimum absolute atomic E-state index is 0.215. The van der Waals surface area contributed by atoms with E-state index in [4.69, 9.17) is 5.11 Å². The molecule has 58 valence electrons. The lowest BCUT2D eigenvalue weighted by Crippen LogP contribution is -2.41. The van der Waals surface area contributed by atoms with Gasteiger partial charge in [0.25, 0.3) is 0 Å². The zero-order valence-electron chi connectivity index (χ0n) is 6.35. The third-order valence-electron chi connectivity index (χ3n) is 2.18. The maximum Gasteiger partial charge on any atom is 0.308 e. The molecule has 0 radical (unpaired) electrons. The molecule has 0 spiro atoms. The molecule has 0 bridgehead atoms. The normalized spacial score (nSPS) is 30.4. The molecule has 1 atom stereocenters. The fourth-order valence-electron chi connectivity index (χ4n) is 1.45. The van der Waals surface area contributed by atoms with E-state index in [1.165, 1.54) is 0 Å². The van der Waals surface area contributed by atoms with Crippen LogP contribution in [0.4, 0.5) is 0 Å². The average Bonchev–Trinajstić information content (AvgIpc) is 2.08. The second-order valence-corrected chi connectivity index (χ2v) is 3.33. The zero-order valence-corrected chi connectivity index (χ0v) is 6.35. The molecular formula is C7H13NO2. The fourth-order valence-corrected chi connectivity index (χ4v) is 1.45. The highest BCUT2D eigenvalue weighted by atomic mass is 16.4. The van der Waals surface area contributed by atoms with Crippen molar-refractivity contribution in [2.45, 2.75) is 25.8 Å². The summed E-state index contributed by atoms with van der Waals surface area (Å²) in [4.78, 5) is 10.6. The number of carboxylic acids is 1. The lowest BCUT2D eigenvalue weighted by molar-refractivity contribution is -0.143. The predicted octanol–water partition coefficient (Wildman–Crippen LogP) is 0.459. The van der Waals surface area contributed by atoms with Crippen LogP contribution < -0.4 is 5.32 Å². The second-order valence-electron chi connectivity index (χ2n) is 3.33. The molecule has 10 heavy (non-hydrogen) atoms. The van der Waals surface area contributed by atoms with Crippen LogP contribution in [-0.4, -0.2) is 23.2 Å². The summed E-state index contributed by atoms with van der Waals surface area (Å²) >= 11 is 0. The van der Waals surface area contributed by atoms with Gasteiger partial charge < -0.3 is 10.4 Å². The van der Waals surface area contributed by atoms with Crippen LogP contribution in [-0.2, 0) is 4.79 Å². The van der Waals surface area contributed by atoms with Gasteiger partial charge in [-0.2, -0.15) is 0 Å². The summed E-state index contributed by atoms with van der Waals surface area (Å²) in [5.74, 6) is -0.900. The number of carboxylic acid groups (broad SMARTS) is 1. The molecule has 3 heteroatoms. The summed E-state index contributed by atoms with van der Waals surface area (Å²) in [5, 5.41) is 11.9. The first-order valence-electron chi connectivity index (χ1n) is 3.52. The smallest absolute Gasteiger partial charge is 0.308 e.